The fourth-order valence-electron chi connectivity index (χ4n) is 8.25. The topological polar surface area (TPSA) is 50.4 Å². The van der Waals surface area contributed by atoms with E-state index in [-0.39, 0.29) is 27.9 Å². The first-order valence-corrected chi connectivity index (χ1v) is 11.2. The number of furan rings is 1. The number of carbonyl (C=O) groups is 1. The van der Waals surface area contributed by atoms with Crippen LogP contribution in [0.5, 0.6) is 0 Å². The van der Waals surface area contributed by atoms with Gasteiger partial charge in [0.25, 0.3) is 0 Å². The monoisotopic (exact) mass is 394 g/mol. The van der Waals surface area contributed by atoms with Crippen molar-refractivity contribution in [2.45, 2.75) is 72.3 Å². The summed E-state index contributed by atoms with van der Waals surface area (Å²) in [5, 5.41) is 11.6. The van der Waals surface area contributed by atoms with Crippen LogP contribution in [0.1, 0.15) is 71.8 Å². The van der Waals surface area contributed by atoms with Crippen molar-refractivity contribution in [2.75, 3.05) is 0 Å². The highest BCUT2D eigenvalue weighted by Crippen LogP contribution is 2.72. The smallest absolute Gasteiger partial charge is 0.161 e. The maximum atomic E-state index is 12.7. The van der Waals surface area contributed by atoms with Crippen LogP contribution in [0.3, 0.4) is 0 Å². The molecule has 29 heavy (non-hydrogen) atoms. The van der Waals surface area contributed by atoms with E-state index in [4.69, 9.17) is 4.42 Å². The summed E-state index contributed by atoms with van der Waals surface area (Å²) >= 11 is 0. The van der Waals surface area contributed by atoms with Gasteiger partial charge in [-0.05, 0) is 72.0 Å². The molecule has 2 fully saturated rings. The Kier molecular flexibility index (Phi) is 3.84. The number of hydrogen-bond acceptors (Lipinski definition) is 3. The first-order chi connectivity index (χ1) is 13.6. The molecule has 2 saturated carbocycles. The second-order valence-electron chi connectivity index (χ2n) is 11.3. The Bertz CT molecular complexity index is 906. The van der Waals surface area contributed by atoms with E-state index in [0.717, 1.165) is 19.3 Å². The molecule has 3 heteroatoms. The Labute approximate surface area is 174 Å². The van der Waals surface area contributed by atoms with Crippen LogP contribution in [0, 0.1) is 33.5 Å². The highest BCUT2D eigenvalue weighted by molar-refractivity contribution is 5.95. The maximum Gasteiger partial charge on any atom is 0.161 e. The second kappa shape index (κ2) is 5.75. The number of fused-ring (bicyclic) bond motifs is 5. The quantitative estimate of drug-likeness (QED) is 0.625. The second-order valence-corrected chi connectivity index (χ2v) is 11.3. The van der Waals surface area contributed by atoms with E-state index in [1.807, 2.05) is 12.3 Å². The Morgan fingerprint density at radius 2 is 1.90 bits per heavy atom. The molecule has 0 spiro atoms. The Balaban J connectivity index is 1.60. The van der Waals surface area contributed by atoms with E-state index in [2.05, 4.69) is 52.8 Å². The predicted octanol–water partition coefficient (Wildman–Crippen LogP) is 5.67. The molecular formula is C26H34O3. The standard InChI is InChI=1S/C26H34O3/c1-23(2)20-14-22(28)26(5)18-7-6-17(16-10-13-29-15-16)24(18,3)11-8-19(26)25(20,4)12-9-21(23)27/h7,9-10,12-13,15,17,19-20,22,28H,6,8,11,14H2,1-5H3/t17-,19+,20+,22-,24+,25-,26+/m1/s1. The van der Waals surface area contributed by atoms with E-state index in [0.29, 0.717) is 18.3 Å². The third-order valence-electron chi connectivity index (χ3n) is 9.90. The van der Waals surface area contributed by atoms with Gasteiger partial charge in [0.15, 0.2) is 5.78 Å². The fourth-order valence-corrected chi connectivity index (χ4v) is 8.25. The Hall–Kier alpha value is -1.61. The lowest BCUT2D eigenvalue weighted by Crippen LogP contribution is -2.63. The van der Waals surface area contributed by atoms with E-state index in [1.54, 1.807) is 6.26 Å². The summed E-state index contributed by atoms with van der Waals surface area (Å²) in [6.45, 7) is 11.2. The van der Waals surface area contributed by atoms with Gasteiger partial charge in [-0.3, -0.25) is 4.79 Å². The van der Waals surface area contributed by atoms with Gasteiger partial charge in [0.1, 0.15) is 0 Å². The lowest BCUT2D eigenvalue weighted by molar-refractivity contribution is -0.163. The highest BCUT2D eigenvalue weighted by Gasteiger charge is 2.67. The summed E-state index contributed by atoms with van der Waals surface area (Å²) in [7, 11) is 0. The summed E-state index contributed by atoms with van der Waals surface area (Å²) in [5.41, 5.74) is 2.04. The average Bonchev–Trinajstić information content (AvgIpc) is 3.29. The SMILES string of the molecule is CC1(C)C(=O)C=C[C@@]2(C)[C@H]1C[C@@H](O)[C@@]1(C)C3=CC[C@H](c4ccoc4)[C@]3(C)CC[C@@H]21. The zero-order valence-electron chi connectivity index (χ0n) is 18.4. The number of carbonyl (C=O) groups excluding carboxylic acids is 1. The molecule has 0 unspecified atom stereocenters. The normalized spacial score (nSPS) is 47.9. The Morgan fingerprint density at radius 1 is 1.14 bits per heavy atom. The van der Waals surface area contributed by atoms with Gasteiger partial charge in [0.05, 0.1) is 18.6 Å². The summed E-state index contributed by atoms with van der Waals surface area (Å²) in [4.78, 5) is 12.7. The molecule has 1 N–H and O–H groups in total. The van der Waals surface area contributed by atoms with Crippen LogP contribution < -0.4 is 0 Å². The first kappa shape index (κ1) is 19.4. The van der Waals surface area contributed by atoms with Gasteiger partial charge >= 0.3 is 0 Å². The van der Waals surface area contributed by atoms with Crippen molar-refractivity contribution < 1.29 is 14.3 Å². The molecule has 7 atom stereocenters. The average molecular weight is 395 g/mol. The van der Waals surface area contributed by atoms with Crippen LogP contribution >= 0.6 is 0 Å². The van der Waals surface area contributed by atoms with Crippen LogP contribution in [0.4, 0.5) is 0 Å². The zero-order chi connectivity index (χ0) is 20.8. The number of aliphatic hydroxyl groups is 1. The van der Waals surface area contributed by atoms with Gasteiger partial charge in [-0.1, -0.05) is 52.3 Å². The van der Waals surface area contributed by atoms with E-state index in [1.165, 1.54) is 11.1 Å². The number of rotatable bonds is 1. The first-order valence-electron chi connectivity index (χ1n) is 11.2. The largest absolute Gasteiger partial charge is 0.472 e. The number of aliphatic hydroxyl groups excluding tert-OH is 1. The van der Waals surface area contributed by atoms with Gasteiger partial charge in [-0.25, -0.2) is 0 Å². The lowest BCUT2D eigenvalue weighted by Gasteiger charge is -2.66. The highest BCUT2D eigenvalue weighted by atomic mass is 16.3. The molecule has 5 rings (SSSR count). The summed E-state index contributed by atoms with van der Waals surface area (Å²) in [6.07, 6.45) is 13.6. The number of hydrogen-bond donors (Lipinski definition) is 1. The van der Waals surface area contributed by atoms with Gasteiger partial charge in [-0.2, -0.15) is 0 Å². The van der Waals surface area contributed by atoms with E-state index in [9.17, 15) is 9.90 Å². The molecule has 156 valence electrons. The van der Waals surface area contributed by atoms with Gasteiger partial charge in [0.2, 0.25) is 0 Å². The van der Waals surface area contributed by atoms with Crippen LogP contribution in [0.15, 0.2) is 46.8 Å². The van der Waals surface area contributed by atoms with Crippen LogP contribution in [-0.4, -0.2) is 17.0 Å². The molecule has 3 nitrogen and oxygen atoms in total. The van der Waals surface area contributed by atoms with E-state index >= 15 is 0 Å². The molecular weight excluding hydrogens is 360 g/mol. The van der Waals surface area contributed by atoms with Crippen molar-refractivity contribution in [3.63, 3.8) is 0 Å². The number of ketones is 1. The summed E-state index contributed by atoms with van der Waals surface area (Å²) in [6, 6.07) is 2.10. The van der Waals surface area contributed by atoms with Crippen molar-refractivity contribution in [2.24, 2.45) is 33.5 Å². The van der Waals surface area contributed by atoms with Crippen LogP contribution in [-0.2, 0) is 4.79 Å². The Morgan fingerprint density at radius 3 is 2.59 bits per heavy atom. The molecule has 4 aliphatic carbocycles. The van der Waals surface area contributed by atoms with Crippen molar-refractivity contribution in [1.82, 2.24) is 0 Å². The molecule has 0 saturated heterocycles. The molecule has 1 aromatic rings. The number of allylic oxidation sites excluding steroid dienone is 3. The fraction of sp³-hybridized carbons (Fsp3) is 0.654. The van der Waals surface area contributed by atoms with Crippen LogP contribution in [0.2, 0.25) is 0 Å². The molecule has 4 aliphatic rings. The summed E-state index contributed by atoms with van der Waals surface area (Å²) < 4.78 is 5.41. The summed E-state index contributed by atoms with van der Waals surface area (Å²) in [5.74, 6) is 1.15. The lowest BCUT2D eigenvalue weighted by atomic mass is 9.38. The van der Waals surface area contributed by atoms with Gasteiger partial charge < -0.3 is 9.52 Å². The zero-order valence-corrected chi connectivity index (χ0v) is 18.4. The van der Waals surface area contributed by atoms with E-state index < -0.39 is 11.5 Å². The van der Waals surface area contributed by atoms with Crippen molar-refractivity contribution in [3.8, 4) is 0 Å². The maximum absolute atomic E-state index is 12.7. The molecule has 0 aliphatic heterocycles. The molecule has 1 aromatic heterocycles. The third-order valence-corrected chi connectivity index (χ3v) is 9.90. The predicted molar refractivity (Wildman–Crippen MR) is 113 cm³/mol. The minimum atomic E-state index is -0.421. The van der Waals surface area contributed by atoms with Gasteiger partial charge in [0, 0.05) is 10.8 Å². The molecule has 0 aromatic carbocycles. The van der Waals surface area contributed by atoms with Crippen LogP contribution in [0.25, 0.3) is 0 Å². The minimum Gasteiger partial charge on any atom is -0.472 e. The van der Waals surface area contributed by atoms with Crippen molar-refractivity contribution in [1.29, 1.82) is 0 Å². The third kappa shape index (κ3) is 2.20. The van der Waals surface area contributed by atoms with Crippen molar-refractivity contribution in [3.05, 3.63) is 48.0 Å². The molecule has 0 radical (unpaired) electrons. The molecule has 1 heterocycles. The molecule has 0 bridgehead atoms. The van der Waals surface area contributed by atoms with Gasteiger partial charge in [-0.15, -0.1) is 0 Å². The molecule has 0 amide bonds. The van der Waals surface area contributed by atoms with Crippen molar-refractivity contribution >= 4 is 5.78 Å². The minimum absolute atomic E-state index is 0.0585.